The van der Waals surface area contributed by atoms with Gasteiger partial charge in [0.2, 0.25) is 17.7 Å². The van der Waals surface area contributed by atoms with Gasteiger partial charge in [-0.15, -0.1) is 0 Å². The van der Waals surface area contributed by atoms with Gasteiger partial charge >= 0.3 is 5.97 Å². The number of carbonyl (C=O) groups excluding carboxylic acids is 1. The summed E-state index contributed by atoms with van der Waals surface area (Å²) in [7, 11) is 3.07. The molecular weight excluding hydrogens is 695 g/mol. The highest BCUT2D eigenvalue weighted by Gasteiger charge is 2.40. The zero-order valence-corrected chi connectivity index (χ0v) is 31.5. The number of benzene rings is 3. The molecule has 2 aliphatic heterocycles. The predicted molar refractivity (Wildman–Crippen MR) is 205 cm³/mol. The van der Waals surface area contributed by atoms with E-state index in [-0.39, 0.29) is 30.1 Å². The molecule has 4 aliphatic rings. The smallest absolute Gasteiger partial charge is 0.311 e. The minimum atomic E-state index is -0.278. The fraction of sp³-hybridized carbons (Fsp3) is 0.409. The number of esters is 1. The van der Waals surface area contributed by atoms with E-state index in [1.807, 2.05) is 24.3 Å². The minimum absolute atomic E-state index is 0.103. The highest BCUT2D eigenvalue weighted by Crippen LogP contribution is 2.45. The highest BCUT2D eigenvalue weighted by atomic mass is 16.5. The molecule has 5 aromatic rings. The maximum atomic E-state index is 12.1. The zero-order chi connectivity index (χ0) is 37.8. The van der Waals surface area contributed by atoms with Crippen LogP contribution in [-0.2, 0) is 28.9 Å². The molecule has 9 rings (SSSR count). The van der Waals surface area contributed by atoms with Crippen molar-refractivity contribution >= 4 is 17.1 Å². The Bertz CT molecular complexity index is 2340. The molecule has 0 amide bonds. The number of methoxy groups -OCH3 is 2. The van der Waals surface area contributed by atoms with Gasteiger partial charge in [0.05, 0.1) is 26.2 Å². The molecule has 11 nitrogen and oxygen atoms in total. The summed E-state index contributed by atoms with van der Waals surface area (Å²) in [5, 5.41) is 20.4. The van der Waals surface area contributed by atoms with Crippen molar-refractivity contribution < 1.29 is 28.5 Å². The Labute approximate surface area is 320 Å². The second kappa shape index (κ2) is 14.4. The molecule has 282 valence electrons. The summed E-state index contributed by atoms with van der Waals surface area (Å²) in [5.74, 6) is 1.30. The molecule has 2 saturated heterocycles. The van der Waals surface area contributed by atoms with Crippen LogP contribution >= 0.6 is 0 Å². The fourth-order valence-corrected chi connectivity index (χ4v) is 9.32. The lowest BCUT2D eigenvalue weighted by molar-refractivity contribution is -0.152. The van der Waals surface area contributed by atoms with Crippen LogP contribution in [0.3, 0.4) is 0 Å². The van der Waals surface area contributed by atoms with Gasteiger partial charge in [-0.05, 0) is 103 Å². The number of nitriles is 1. The molecule has 2 aromatic heterocycles. The third-order valence-corrected chi connectivity index (χ3v) is 12.2. The number of β-amino-alcohol motifs (C(OH)–C–C–N with tert-alkyl or cyclic N) is 1. The number of aliphatic hydroxyl groups excluding tert-OH is 1. The number of nitrogens with zero attached hydrogens (tertiary/aromatic N) is 5. The molecule has 3 aromatic carbocycles. The summed E-state index contributed by atoms with van der Waals surface area (Å²) in [6.45, 7) is 5.61. The number of oxazole rings is 1. The van der Waals surface area contributed by atoms with Gasteiger partial charge in [-0.3, -0.25) is 14.6 Å². The van der Waals surface area contributed by atoms with Crippen LogP contribution in [0.1, 0.15) is 76.8 Å². The van der Waals surface area contributed by atoms with Gasteiger partial charge in [0, 0.05) is 56.0 Å². The summed E-state index contributed by atoms with van der Waals surface area (Å²) < 4.78 is 23.7. The number of fused-ring (bicyclic) bond motifs is 3. The molecule has 1 unspecified atom stereocenters. The molecule has 1 N–H and O–H groups in total. The number of aliphatic hydroxyl groups is 1. The van der Waals surface area contributed by atoms with Crippen molar-refractivity contribution in [1.29, 1.82) is 5.26 Å². The Morgan fingerprint density at radius 3 is 2.56 bits per heavy atom. The van der Waals surface area contributed by atoms with E-state index in [0.29, 0.717) is 60.5 Å². The molecular formula is C44H45N5O6. The van der Waals surface area contributed by atoms with E-state index in [4.69, 9.17) is 28.6 Å². The molecule has 3 atom stereocenters. The average molecular weight is 740 g/mol. The first kappa shape index (κ1) is 35.4. The Balaban J connectivity index is 0.989. The lowest BCUT2D eigenvalue weighted by atomic mass is 9.81. The third-order valence-electron chi connectivity index (χ3n) is 12.2. The molecule has 2 fully saturated rings. The van der Waals surface area contributed by atoms with Gasteiger partial charge < -0.3 is 23.7 Å². The first-order valence-corrected chi connectivity index (χ1v) is 19.3. The summed E-state index contributed by atoms with van der Waals surface area (Å²) >= 11 is 0. The third kappa shape index (κ3) is 6.32. The zero-order valence-electron chi connectivity index (χ0n) is 31.5. The van der Waals surface area contributed by atoms with Crippen molar-refractivity contribution in [3.63, 3.8) is 0 Å². The van der Waals surface area contributed by atoms with Crippen molar-refractivity contribution in [2.24, 2.45) is 5.92 Å². The van der Waals surface area contributed by atoms with E-state index in [1.165, 1.54) is 12.7 Å². The van der Waals surface area contributed by atoms with E-state index in [1.54, 1.807) is 7.11 Å². The molecule has 2 aliphatic carbocycles. The lowest BCUT2D eigenvalue weighted by Gasteiger charge is -2.45. The summed E-state index contributed by atoms with van der Waals surface area (Å²) in [6.07, 6.45) is 4.81. The van der Waals surface area contributed by atoms with E-state index in [0.717, 1.165) is 89.6 Å². The van der Waals surface area contributed by atoms with Crippen molar-refractivity contribution in [1.82, 2.24) is 19.8 Å². The van der Waals surface area contributed by atoms with Gasteiger partial charge in [0.15, 0.2) is 5.58 Å². The van der Waals surface area contributed by atoms with Crippen molar-refractivity contribution in [3.8, 4) is 40.4 Å². The maximum absolute atomic E-state index is 12.1. The highest BCUT2D eigenvalue weighted by molar-refractivity contribution is 5.86. The van der Waals surface area contributed by atoms with E-state index < -0.39 is 0 Å². The van der Waals surface area contributed by atoms with Gasteiger partial charge in [-0.1, -0.05) is 30.3 Å². The minimum Gasteiger partial charge on any atom is -0.481 e. The lowest BCUT2D eigenvalue weighted by Crippen LogP contribution is -2.52. The summed E-state index contributed by atoms with van der Waals surface area (Å²) in [6, 6.07) is 21.3. The Morgan fingerprint density at radius 1 is 0.964 bits per heavy atom. The number of likely N-dealkylation sites (tertiary alicyclic amines) is 2. The van der Waals surface area contributed by atoms with Crippen LogP contribution < -0.4 is 9.47 Å². The molecule has 0 spiro atoms. The second-order valence-electron chi connectivity index (χ2n) is 15.4. The molecule has 4 heterocycles. The first-order valence-electron chi connectivity index (χ1n) is 19.3. The maximum Gasteiger partial charge on any atom is 0.311 e. The fourth-order valence-electron chi connectivity index (χ4n) is 9.32. The summed E-state index contributed by atoms with van der Waals surface area (Å²) in [5.41, 5.74) is 11.5. The van der Waals surface area contributed by atoms with Crippen molar-refractivity contribution in [2.45, 2.75) is 70.2 Å². The first-order chi connectivity index (χ1) is 26.8. The largest absolute Gasteiger partial charge is 0.481 e. The molecule has 55 heavy (non-hydrogen) atoms. The standard InChI is InChI=1S/C44H45N5O6/c1-25-29(31-9-5-11-34-33(31)14-15-39(34)54-40-16-13-26(42(47-40)52-2)21-48-18-17-28(50)24-48)7-4-8-30(25)43-46-37-19-35-32(36(20-45)41(37)55-43)10-6-12-38(35)49-22-27(23-49)44(51)53-3/h4-5,7-9,11,13,16,19,27-28,38-39,50H,6,10,12,14-15,17-18,21-24H2,1-3H3/t28-,38?,39+/m1/s1. The molecule has 11 heteroatoms. The van der Waals surface area contributed by atoms with E-state index in [9.17, 15) is 15.2 Å². The van der Waals surface area contributed by atoms with Crippen LogP contribution in [0.2, 0.25) is 0 Å². The molecule has 0 radical (unpaired) electrons. The predicted octanol–water partition coefficient (Wildman–Crippen LogP) is 6.86. The van der Waals surface area contributed by atoms with Crippen molar-refractivity contribution in [2.75, 3.05) is 40.4 Å². The topological polar surface area (TPSA) is 134 Å². The number of hydrogen-bond acceptors (Lipinski definition) is 11. The van der Waals surface area contributed by atoms with Crippen LogP contribution in [0.4, 0.5) is 0 Å². The Kier molecular flexibility index (Phi) is 9.29. The van der Waals surface area contributed by atoms with Crippen LogP contribution in [0.5, 0.6) is 11.8 Å². The Morgan fingerprint density at radius 2 is 1.78 bits per heavy atom. The van der Waals surface area contributed by atoms with Gasteiger partial charge in [-0.2, -0.15) is 10.2 Å². The number of hydrogen-bond donors (Lipinski definition) is 1. The SMILES string of the molecule is COC(=O)C1CN(C2CCCc3c2cc2nc(-c4cccc(-c5cccc6c5CC[C@@H]6Oc5ccc(CN6CC[C@@H](O)C6)c(OC)n5)c4C)oc2c3C#N)C1. The van der Waals surface area contributed by atoms with Gasteiger partial charge in [-0.25, -0.2) is 4.98 Å². The molecule has 0 bridgehead atoms. The normalized spacial score (nSPS) is 21.2. The van der Waals surface area contributed by atoms with Gasteiger partial charge in [0.25, 0.3) is 0 Å². The van der Waals surface area contributed by atoms with Crippen LogP contribution in [0.25, 0.3) is 33.7 Å². The number of aromatic nitrogens is 2. The van der Waals surface area contributed by atoms with Crippen LogP contribution in [0.15, 0.2) is 59.0 Å². The summed E-state index contributed by atoms with van der Waals surface area (Å²) in [4.78, 5) is 26.4. The number of pyridine rings is 1. The van der Waals surface area contributed by atoms with Gasteiger partial charge in [0.1, 0.15) is 23.3 Å². The molecule has 0 saturated carbocycles. The number of ether oxygens (including phenoxy) is 3. The Hall–Kier alpha value is -5.28. The average Bonchev–Trinajstić information content (AvgIpc) is 3.92. The monoisotopic (exact) mass is 739 g/mol. The van der Waals surface area contributed by atoms with E-state index >= 15 is 0 Å². The van der Waals surface area contributed by atoms with Crippen LogP contribution in [0, 0.1) is 24.2 Å². The quantitative estimate of drug-likeness (QED) is 0.159. The van der Waals surface area contributed by atoms with Crippen LogP contribution in [-0.4, -0.2) is 77.3 Å². The number of carbonyl (C=O) groups is 1. The second-order valence-corrected chi connectivity index (χ2v) is 15.4. The van der Waals surface area contributed by atoms with E-state index in [2.05, 4.69) is 53.1 Å². The van der Waals surface area contributed by atoms with Crippen molar-refractivity contribution in [3.05, 3.63) is 93.5 Å². The number of rotatable bonds is 9.